The molecule has 130 valence electrons. The molecule has 0 atom stereocenters. The fraction of sp³-hybridized carbons (Fsp3) is 0.300. The molecule has 25 heavy (non-hydrogen) atoms. The first kappa shape index (κ1) is 17.0. The molecule has 0 bridgehead atoms. The van der Waals surface area contributed by atoms with Crippen LogP contribution in [0.3, 0.4) is 0 Å². The predicted molar refractivity (Wildman–Crippen MR) is 96.8 cm³/mol. The number of carbonyl (C=O) groups excluding carboxylic acids is 2. The van der Waals surface area contributed by atoms with E-state index in [1.54, 1.807) is 24.1 Å². The Labute approximate surface area is 147 Å². The highest BCUT2D eigenvalue weighted by atomic mass is 16.5. The van der Waals surface area contributed by atoms with Gasteiger partial charge in [-0.3, -0.25) is 9.59 Å². The zero-order chi connectivity index (χ0) is 17.6. The molecule has 0 unspecified atom stereocenters. The van der Waals surface area contributed by atoms with Crippen molar-refractivity contribution in [1.29, 1.82) is 0 Å². The van der Waals surface area contributed by atoms with E-state index >= 15 is 0 Å². The summed E-state index contributed by atoms with van der Waals surface area (Å²) in [6.45, 7) is 1.21. The van der Waals surface area contributed by atoms with Gasteiger partial charge < -0.3 is 15.0 Å². The fourth-order valence-electron chi connectivity index (χ4n) is 2.90. The number of hydrogen-bond acceptors (Lipinski definition) is 3. The van der Waals surface area contributed by atoms with Crippen molar-refractivity contribution in [2.45, 2.75) is 25.8 Å². The van der Waals surface area contributed by atoms with E-state index in [0.29, 0.717) is 18.5 Å². The fourth-order valence-corrected chi connectivity index (χ4v) is 2.90. The number of anilines is 1. The van der Waals surface area contributed by atoms with Gasteiger partial charge >= 0.3 is 0 Å². The third-order valence-electron chi connectivity index (χ3n) is 4.38. The summed E-state index contributed by atoms with van der Waals surface area (Å²) in [5.41, 5.74) is 2.45. The Morgan fingerprint density at radius 2 is 1.80 bits per heavy atom. The van der Waals surface area contributed by atoms with Crippen LogP contribution in [-0.2, 0) is 11.3 Å². The van der Waals surface area contributed by atoms with Crippen molar-refractivity contribution >= 4 is 17.5 Å². The minimum absolute atomic E-state index is 0.132. The number of amides is 2. The van der Waals surface area contributed by atoms with Crippen LogP contribution in [0.1, 0.15) is 35.2 Å². The number of hydrogen-bond donors (Lipinski definition) is 1. The average molecular weight is 338 g/mol. The first-order valence-electron chi connectivity index (χ1n) is 8.49. The number of carbonyl (C=O) groups is 2. The Hall–Kier alpha value is -2.82. The van der Waals surface area contributed by atoms with Crippen molar-refractivity contribution in [2.75, 3.05) is 18.6 Å². The smallest absolute Gasteiger partial charge is 0.251 e. The Bertz CT molecular complexity index is 739. The van der Waals surface area contributed by atoms with Crippen LogP contribution in [0.15, 0.2) is 48.5 Å². The Kier molecular flexibility index (Phi) is 5.33. The molecule has 1 N–H and O–H groups in total. The van der Waals surface area contributed by atoms with E-state index < -0.39 is 0 Å². The first-order chi connectivity index (χ1) is 12.2. The van der Waals surface area contributed by atoms with Crippen molar-refractivity contribution in [3.8, 4) is 5.75 Å². The summed E-state index contributed by atoms with van der Waals surface area (Å²) < 4.78 is 5.12. The molecule has 1 heterocycles. The number of rotatable bonds is 5. The third-order valence-corrected chi connectivity index (χ3v) is 4.38. The Morgan fingerprint density at radius 3 is 2.44 bits per heavy atom. The molecule has 2 aromatic rings. The number of piperidine rings is 1. The molecule has 0 spiro atoms. The van der Waals surface area contributed by atoms with Gasteiger partial charge in [-0.15, -0.1) is 0 Å². The molecule has 1 saturated heterocycles. The summed E-state index contributed by atoms with van der Waals surface area (Å²) in [4.78, 5) is 26.0. The van der Waals surface area contributed by atoms with Crippen LogP contribution in [0, 0.1) is 0 Å². The lowest BCUT2D eigenvalue weighted by Crippen LogP contribution is -2.35. The number of methoxy groups -OCH3 is 1. The first-order valence-corrected chi connectivity index (χ1v) is 8.49. The summed E-state index contributed by atoms with van der Waals surface area (Å²) in [6, 6.07) is 14.8. The molecule has 5 nitrogen and oxygen atoms in total. The minimum atomic E-state index is -0.132. The van der Waals surface area contributed by atoms with E-state index in [0.717, 1.165) is 36.4 Å². The number of nitrogens with zero attached hydrogens (tertiary/aromatic N) is 1. The highest BCUT2D eigenvalue weighted by Gasteiger charge is 2.19. The van der Waals surface area contributed by atoms with Gasteiger partial charge in [-0.1, -0.05) is 12.1 Å². The molecular weight excluding hydrogens is 316 g/mol. The molecule has 0 radical (unpaired) electrons. The molecule has 0 aliphatic carbocycles. The summed E-state index contributed by atoms with van der Waals surface area (Å²) in [6.07, 6.45) is 2.58. The molecule has 1 fully saturated rings. The van der Waals surface area contributed by atoms with Crippen LogP contribution in [0.25, 0.3) is 0 Å². The van der Waals surface area contributed by atoms with E-state index in [1.165, 1.54) is 0 Å². The second-order valence-corrected chi connectivity index (χ2v) is 6.08. The lowest BCUT2D eigenvalue weighted by molar-refractivity contribution is -0.119. The summed E-state index contributed by atoms with van der Waals surface area (Å²) in [7, 11) is 1.62. The molecular formula is C20H22N2O3. The number of benzene rings is 2. The van der Waals surface area contributed by atoms with Crippen molar-refractivity contribution in [2.24, 2.45) is 0 Å². The molecule has 0 aromatic heterocycles. The Morgan fingerprint density at radius 1 is 1.08 bits per heavy atom. The van der Waals surface area contributed by atoms with E-state index in [4.69, 9.17) is 4.74 Å². The van der Waals surface area contributed by atoms with Crippen LogP contribution in [0.5, 0.6) is 5.75 Å². The van der Waals surface area contributed by atoms with Gasteiger partial charge in [0, 0.05) is 30.8 Å². The standard InChI is InChI=1S/C20H22N2O3/c1-25-18-11-5-15(6-12-18)14-21-20(24)16-7-9-17(10-8-16)22-13-3-2-4-19(22)23/h5-12H,2-4,13-14H2,1H3,(H,21,24). The lowest BCUT2D eigenvalue weighted by atomic mass is 10.1. The second kappa shape index (κ2) is 7.83. The minimum Gasteiger partial charge on any atom is -0.497 e. The monoisotopic (exact) mass is 338 g/mol. The SMILES string of the molecule is COc1ccc(CNC(=O)c2ccc(N3CCCCC3=O)cc2)cc1. The third kappa shape index (κ3) is 4.18. The molecule has 2 amide bonds. The second-order valence-electron chi connectivity index (χ2n) is 6.08. The van der Waals surface area contributed by atoms with Gasteiger partial charge in [0.25, 0.3) is 5.91 Å². The van der Waals surface area contributed by atoms with Crippen molar-refractivity contribution < 1.29 is 14.3 Å². The summed E-state index contributed by atoms with van der Waals surface area (Å²) in [5.74, 6) is 0.813. The zero-order valence-electron chi connectivity index (χ0n) is 14.3. The zero-order valence-corrected chi connectivity index (χ0v) is 14.3. The molecule has 0 saturated carbocycles. The number of ether oxygens (including phenoxy) is 1. The highest BCUT2D eigenvalue weighted by molar-refractivity contribution is 5.96. The molecule has 2 aromatic carbocycles. The largest absolute Gasteiger partial charge is 0.497 e. The topological polar surface area (TPSA) is 58.6 Å². The molecule has 1 aliphatic heterocycles. The summed E-state index contributed by atoms with van der Waals surface area (Å²) in [5, 5.41) is 2.90. The summed E-state index contributed by atoms with van der Waals surface area (Å²) >= 11 is 0. The normalized spacial score (nSPS) is 14.3. The quantitative estimate of drug-likeness (QED) is 0.911. The maximum atomic E-state index is 12.3. The van der Waals surface area contributed by atoms with Gasteiger partial charge in [-0.05, 0) is 54.8 Å². The van der Waals surface area contributed by atoms with Crippen LogP contribution >= 0.6 is 0 Å². The lowest BCUT2D eigenvalue weighted by Gasteiger charge is -2.26. The predicted octanol–water partition coefficient (Wildman–Crippen LogP) is 3.14. The van der Waals surface area contributed by atoms with Gasteiger partial charge in [0.05, 0.1) is 7.11 Å². The van der Waals surface area contributed by atoms with Crippen molar-refractivity contribution in [3.05, 3.63) is 59.7 Å². The maximum absolute atomic E-state index is 12.3. The average Bonchev–Trinajstić information content (AvgIpc) is 2.67. The van der Waals surface area contributed by atoms with Crippen molar-refractivity contribution in [1.82, 2.24) is 5.32 Å². The number of nitrogens with one attached hydrogen (secondary N) is 1. The Balaban J connectivity index is 1.59. The van der Waals surface area contributed by atoms with Gasteiger partial charge in [0.1, 0.15) is 5.75 Å². The van der Waals surface area contributed by atoms with Crippen LogP contribution in [-0.4, -0.2) is 25.5 Å². The molecule has 5 heteroatoms. The van der Waals surface area contributed by atoms with Crippen LogP contribution < -0.4 is 15.0 Å². The van der Waals surface area contributed by atoms with E-state index in [9.17, 15) is 9.59 Å². The van der Waals surface area contributed by atoms with Gasteiger partial charge in [-0.2, -0.15) is 0 Å². The maximum Gasteiger partial charge on any atom is 0.251 e. The highest BCUT2D eigenvalue weighted by Crippen LogP contribution is 2.21. The van der Waals surface area contributed by atoms with E-state index in [2.05, 4.69) is 5.32 Å². The van der Waals surface area contributed by atoms with Crippen LogP contribution in [0.2, 0.25) is 0 Å². The van der Waals surface area contributed by atoms with Gasteiger partial charge in [0.15, 0.2) is 0 Å². The van der Waals surface area contributed by atoms with E-state index in [1.807, 2.05) is 36.4 Å². The van der Waals surface area contributed by atoms with E-state index in [-0.39, 0.29) is 11.8 Å². The van der Waals surface area contributed by atoms with Crippen molar-refractivity contribution in [3.63, 3.8) is 0 Å². The molecule has 1 aliphatic rings. The van der Waals surface area contributed by atoms with Crippen LogP contribution in [0.4, 0.5) is 5.69 Å². The molecule has 3 rings (SSSR count). The van der Waals surface area contributed by atoms with Gasteiger partial charge in [-0.25, -0.2) is 0 Å². The van der Waals surface area contributed by atoms with Gasteiger partial charge in [0.2, 0.25) is 5.91 Å².